The third-order valence-corrected chi connectivity index (χ3v) is 9.19. The predicted octanol–water partition coefficient (Wildman–Crippen LogP) is 3.91. The van der Waals surface area contributed by atoms with Crippen LogP contribution in [-0.4, -0.2) is 86.0 Å². The van der Waals surface area contributed by atoms with Crippen molar-refractivity contribution in [1.82, 2.24) is 14.1 Å². The molecule has 0 aromatic heterocycles. The van der Waals surface area contributed by atoms with Gasteiger partial charge in [0.25, 0.3) is 5.91 Å². The van der Waals surface area contributed by atoms with Gasteiger partial charge >= 0.3 is 0 Å². The molecule has 0 radical (unpaired) electrons. The maximum atomic E-state index is 14.0. The summed E-state index contributed by atoms with van der Waals surface area (Å²) in [6, 6.07) is 19.4. The second-order valence-corrected chi connectivity index (χ2v) is 12.2. The quantitative estimate of drug-likeness (QED) is 0.350. The van der Waals surface area contributed by atoms with Gasteiger partial charge in [-0.05, 0) is 60.4 Å². The van der Waals surface area contributed by atoms with Crippen molar-refractivity contribution in [2.75, 3.05) is 45.6 Å². The van der Waals surface area contributed by atoms with Crippen LogP contribution in [0.15, 0.2) is 66.7 Å². The maximum Gasteiger partial charge on any atom is 0.253 e. The number of ether oxygens (including phenoxy) is 1. The number of hydrogen-bond acceptors (Lipinski definition) is 5. The maximum absolute atomic E-state index is 14.0. The third kappa shape index (κ3) is 7.24. The summed E-state index contributed by atoms with van der Waals surface area (Å²) >= 11 is 0. The van der Waals surface area contributed by atoms with Gasteiger partial charge in [-0.25, -0.2) is 12.8 Å². The van der Waals surface area contributed by atoms with Crippen LogP contribution in [0.25, 0.3) is 10.8 Å². The first-order chi connectivity index (χ1) is 19.2. The highest BCUT2D eigenvalue weighted by molar-refractivity contribution is 7.89. The van der Waals surface area contributed by atoms with Gasteiger partial charge in [0, 0.05) is 44.9 Å². The van der Waals surface area contributed by atoms with Crippen molar-refractivity contribution in [3.8, 4) is 0 Å². The minimum Gasteiger partial charge on any atom is -0.383 e. The zero-order valence-corrected chi connectivity index (χ0v) is 23.8. The molecule has 1 fully saturated rings. The van der Waals surface area contributed by atoms with Crippen LogP contribution < -0.4 is 0 Å². The number of piperidine rings is 1. The summed E-state index contributed by atoms with van der Waals surface area (Å²) < 4.78 is 45.5. The summed E-state index contributed by atoms with van der Waals surface area (Å²) in [6.07, 6.45) is 1.05. The molecular formula is C30H36FN3O5S. The Hall–Kier alpha value is -3.34. The number of benzene rings is 3. The fourth-order valence-corrected chi connectivity index (χ4v) is 6.10. The topological polar surface area (TPSA) is 87.2 Å². The smallest absolute Gasteiger partial charge is 0.253 e. The Morgan fingerprint density at radius 1 is 1.00 bits per heavy atom. The van der Waals surface area contributed by atoms with E-state index < -0.39 is 15.8 Å². The van der Waals surface area contributed by atoms with E-state index in [1.807, 2.05) is 42.5 Å². The molecular weight excluding hydrogens is 533 g/mol. The molecule has 1 aliphatic heterocycles. The molecule has 3 aromatic rings. The Morgan fingerprint density at radius 2 is 1.73 bits per heavy atom. The predicted molar refractivity (Wildman–Crippen MR) is 153 cm³/mol. The number of carbonyl (C=O) groups is 2. The van der Waals surface area contributed by atoms with Crippen LogP contribution in [0, 0.1) is 5.82 Å². The molecule has 10 heteroatoms. The van der Waals surface area contributed by atoms with E-state index >= 15 is 0 Å². The minimum atomic E-state index is -3.64. The number of carbonyl (C=O) groups excluding carboxylic acids is 2. The van der Waals surface area contributed by atoms with E-state index in [1.165, 1.54) is 26.2 Å². The van der Waals surface area contributed by atoms with Crippen LogP contribution in [0.3, 0.4) is 0 Å². The highest BCUT2D eigenvalue weighted by Gasteiger charge is 2.32. The zero-order chi connectivity index (χ0) is 28.7. The molecule has 0 saturated carbocycles. The van der Waals surface area contributed by atoms with Crippen molar-refractivity contribution >= 4 is 32.6 Å². The van der Waals surface area contributed by atoms with Gasteiger partial charge in [0.2, 0.25) is 15.9 Å². The van der Waals surface area contributed by atoms with Gasteiger partial charge < -0.3 is 14.5 Å². The molecule has 0 spiro atoms. The lowest BCUT2D eigenvalue weighted by Crippen LogP contribution is -2.51. The Labute approximate surface area is 235 Å². The number of nitrogens with zero attached hydrogens (tertiary/aromatic N) is 3. The Bertz CT molecular complexity index is 1440. The fourth-order valence-electron chi connectivity index (χ4n) is 5.07. The van der Waals surface area contributed by atoms with E-state index in [0.717, 1.165) is 15.1 Å². The molecule has 3 aromatic carbocycles. The van der Waals surface area contributed by atoms with Crippen LogP contribution in [0.1, 0.15) is 35.7 Å². The summed E-state index contributed by atoms with van der Waals surface area (Å²) in [5.74, 6) is -0.969. The van der Waals surface area contributed by atoms with E-state index in [9.17, 15) is 22.4 Å². The van der Waals surface area contributed by atoms with E-state index in [-0.39, 0.29) is 49.9 Å². The van der Waals surface area contributed by atoms with Crippen molar-refractivity contribution in [3.63, 3.8) is 0 Å². The number of fused-ring (bicyclic) bond motifs is 1. The first-order valence-electron chi connectivity index (χ1n) is 13.5. The fraction of sp³-hybridized carbons (Fsp3) is 0.400. The van der Waals surface area contributed by atoms with Crippen LogP contribution in [0.4, 0.5) is 4.39 Å². The zero-order valence-electron chi connectivity index (χ0n) is 23.0. The highest BCUT2D eigenvalue weighted by atomic mass is 32.2. The number of methoxy groups -OCH3 is 1. The van der Waals surface area contributed by atoms with E-state index in [0.29, 0.717) is 37.1 Å². The van der Waals surface area contributed by atoms with Crippen molar-refractivity contribution in [2.45, 2.75) is 32.4 Å². The van der Waals surface area contributed by atoms with Gasteiger partial charge in [-0.3, -0.25) is 9.59 Å². The van der Waals surface area contributed by atoms with Crippen molar-refractivity contribution < 1.29 is 27.1 Å². The summed E-state index contributed by atoms with van der Waals surface area (Å²) in [6.45, 7) is 2.46. The van der Waals surface area contributed by atoms with Crippen LogP contribution in [0.2, 0.25) is 0 Å². The Balaban J connectivity index is 1.50. The van der Waals surface area contributed by atoms with Gasteiger partial charge in [-0.1, -0.05) is 42.5 Å². The molecule has 1 heterocycles. The summed E-state index contributed by atoms with van der Waals surface area (Å²) in [4.78, 5) is 30.4. The first-order valence-corrected chi connectivity index (χ1v) is 15.1. The normalized spacial score (nSPS) is 14.6. The molecule has 1 aliphatic rings. The minimum absolute atomic E-state index is 0.0604. The van der Waals surface area contributed by atoms with Gasteiger partial charge in [0.15, 0.2) is 0 Å². The number of hydrogen-bond donors (Lipinski definition) is 0. The number of amides is 2. The molecule has 2 amide bonds. The van der Waals surface area contributed by atoms with Gasteiger partial charge in [0.1, 0.15) is 5.82 Å². The van der Waals surface area contributed by atoms with Gasteiger partial charge in [-0.2, -0.15) is 4.31 Å². The van der Waals surface area contributed by atoms with Crippen molar-refractivity contribution in [3.05, 3.63) is 83.7 Å². The summed E-state index contributed by atoms with van der Waals surface area (Å²) in [5.41, 5.74) is 1.23. The summed E-state index contributed by atoms with van der Waals surface area (Å²) in [7, 11) is -2.17. The van der Waals surface area contributed by atoms with Crippen LogP contribution >= 0.6 is 0 Å². The second-order valence-electron chi connectivity index (χ2n) is 9.96. The molecule has 4 rings (SSSR count). The molecule has 0 atom stereocenters. The standard InChI is InChI=1S/C30H36FN3O5S/c1-3-40(37,38)33(17-18-39-2)22-29(35)34(21-23-7-6-10-27(31)19-23)28-13-15-32(16-14-28)30(36)26-12-11-24-8-4-5-9-25(24)20-26/h4-12,19-20,28H,3,13-18,21-22H2,1-2H3. The molecule has 8 nitrogen and oxygen atoms in total. The number of rotatable bonds is 11. The lowest BCUT2D eigenvalue weighted by molar-refractivity contribution is -0.135. The number of halogens is 1. The molecule has 1 saturated heterocycles. The molecule has 0 N–H and O–H groups in total. The van der Waals surface area contributed by atoms with Crippen LogP contribution in [0.5, 0.6) is 0 Å². The molecule has 214 valence electrons. The van der Waals surface area contributed by atoms with E-state index in [1.54, 1.807) is 21.9 Å². The van der Waals surface area contributed by atoms with E-state index in [4.69, 9.17) is 4.74 Å². The van der Waals surface area contributed by atoms with Crippen LogP contribution in [-0.2, 0) is 26.1 Å². The molecule has 0 aliphatic carbocycles. The van der Waals surface area contributed by atoms with Crippen molar-refractivity contribution in [1.29, 1.82) is 0 Å². The van der Waals surface area contributed by atoms with E-state index in [2.05, 4.69) is 0 Å². The summed E-state index contributed by atoms with van der Waals surface area (Å²) in [5, 5.41) is 2.06. The highest BCUT2D eigenvalue weighted by Crippen LogP contribution is 2.23. The first kappa shape index (κ1) is 29.6. The average molecular weight is 570 g/mol. The number of sulfonamides is 1. The monoisotopic (exact) mass is 569 g/mol. The lowest BCUT2D eigenvalue weighted by Gasteiger charge is -2.39. The number of likely N-dealkylation sites (tertiary alicyclic amines) is 1. The molecule has 0 unspecified atom stereocenters. The Morgan fingerprint density at radius 3 is 2.40 bits per heavy atom. The van der Waals surface area contributed by atoms with Gasteiger partial charge in [0.05, 0.1) is 18.9 Å². The largest absolute Gasteiger partial charge is 0.383 e. The lowest BCUT2D eigenvalue weighted by atomic mass is 10.00. The average Bonchev–Trinajstić information content (AvgIpc) is 2.97. The second kappa shape index (κ2) is 13.3. The van der Waals surface area contributed by atoms with Crippen molar-refractivity contribution in [2.24, 2.45) is 0 Å². The Kier molecular flexibility index (Phi) is 9.89. The molecule has 0 bridgehead atoms. The molecule has 40 heavy (non-hydrogen) atoms. The SMILES string of the molecule is CCS(=O)(=O)N(CCOC)CC(=O)N(Cc1cccc(F)c1)C1CCN(C(=O)c2ccc3ccccc3c2)CC1. The van der Waals surface area contributed by atoms with Gasteiger partial charge in [-0.15, -0.1) is 0 Å². The third-order valence-electron chi connectivity index (χ3n) is 7.37.